The summed E-state index contributed by atoms with van der Waals surface area (Å²) < 4.78 is 5.54. The van der Waals surface area contributed by atoms with Crippen molar-refractivity contribution < 1.29 is 14.3 Å². The Morgan fingerprint density at radius 1 is 1.12 bits per heavy atom. The summed E-state index contributed by atoms with van der Waals surface area (Å²) in [5.41, 5.74) is 2.97. The summed E-state index contributed by atoms with van der Waals surface area (Å²) in [7, 11) is 0. The van der Waals surface area contributed by atoms with E-state index in [1.165, 1.54) is 0 Å². The molecular formula is C20H22N2O3. The second-order valence-electron chi connectivity index (χ2n) is 5.70. The van der Waals surface area contributed by atoms with Crippen LogP contribution in [0.15, 0.2) is 55.1 Å². The zero-order chi connectivity index (χ0) is 18.2. The van der Waals surface area contributed by atoms with Crippen LogP contribution >= 0.6 is 0 Å². The van der Waals surface area contributed by atoms with E-state index in [2.05, 4.69) is 17.2 Å². The van der Waals surface area contributed by atoms with Gasteiger partial charge in [-0.15, -0.1) is 6.58 Å². The van der Waals surface area contributed by atoms with Gasteiger partial charge >= 0.3 is 0 Å². The molecule has 0 aliphatic carbocycles. The fourth-order valence-electron chi connectivity index (χ4n) is 2.40. The van der Waals surface area contributed by atoms with Crippen LogP contribution in [-0.2, 0) is 4.79 Å². The van der Waals surface area contributed by atoms with E-state index in [0.717, 1.165) is 11.1 Å². The van der Waals surface area contributed by atoms with Crippen molar-refractivity contribution in [2.45, 2.75) is 13.8 Å². The number of ether oxygens (including phenoxy) is 1. The standard InChI is InChI=1S/C20H22N2O3/c1-4-9-21-20(24)17-7-5-6-8-18(17)22-19(23)13-25-16-11-14(2)10-15(3)12-16/h4-8,10-12H,1,9,13H2,2-3H3,(H,21,24)(H,22,23). The SMILES string of the molecule is C=CCNC(=O)c1ccccc1NC(=O)COc1cc(C)cc(C)c1. The van der Waals surface area contributed by atoms with Crippen LogP contribution in [-0.4, -0.2) is 25.0 Å². The highest BCUT2D eigenvalue weighted by atomic mass is 16.5. The van der Waals surface area contributed by atoms with Gasteiger partial charge in [0.2, 0.25) is 0 Å². The molecule has 0 aliphatic heterocycles. The lowest BCUT2D eigenvalue weighted by molar-refractivity contribution is -0.118. The van der Waals surface area contributed by atoms with Gasteiger partial charge in [-0.1, -0.05) is 24.3 Å². The van der Waals surface area contributed by atoms with Gasteiger partial charge in [0, 0.05) is 6.54 Å². The monoisotopic (exact) mass is 338 g/mol. The number of hydrogen-bond donors (Lipinski definition) is 2. The van der Waals surface area contributed by atoms with E-state index in [1.54, 1.807) is 30.3 Å². The summed E-state index contributed by atoms with van der Waals surface area (Å²) in [6, 6.07) is 12.6. The van der Waals surface area contributed by atoms with Gasteiger partial charge in [0.1, 0.15) is 5.75 Å². The molecular weight excluding hydrogens is 316 g/mol. The van der Waals surface area contributed by atoms with E-state index in [1.807, 2.05) is 32.0 Å². The Balaban J connectivity index is 2.00. The first-order valence-corrected chi connectivity index (χ1v) is 7.98. The van der Waals surface area contributed by atoms with Gasteiger partial charge in [0.05, 0.1) is 11.3 Å². The molecule has 0 aliphatic rings. The zero-order valence-corrected chi connectivity index (χ0v) is 14.5. The summed E-state index contributed by atoms with van der Waals surface area (Å²) >= 11 is 0. The van der Waals surface area contributed by atoms with Crippen molar-refractivity contribution in [3.63, 3.8) is 0 Å². The van der Waals surface area contributed by atoms with Crippen LogP contribution < -0.4 is 15.4 Å². The maximum absolute atomic E-state index is 12.2. The fraction of sp³-hybridized carbons (Fsp3) is 0.200. The minimum atomic E-state index is -0.330. The first-order valence-electron chi connectivity index (χ1n) is 7.98. The number of nitrogens with one attached hydrogen (secondary N) is 2. The Morgan fingerprint density at radius 3 is 2.48 bits per heavy atom. The van der Waals surface area contributed by atoms with Gasteiger partial charge < -0.3 is 15.4 Å². The highest BCUT2D eigenvalue weighted by Gasteiger charge is 2.12. The average Bonchev–Trinajstić information content (AvgIpc) is 2.57. The lowest BCUT2D eigenvalue weighted by Gasteiger charge is -2.12. The van der Waals surface area contributed by atoms with Gasteiger partial charge in [0.15, 0.2) is 6.61 Å². The van der Waals surface area contributed by atoms with Crippen LogP contribution in [0.25, 0.3) is 0 Å². The molecule has 0 heterocycles. The average molecular weight is 338 g/mol. The van der Waals surface area contributed by atoms with Crippen molar-refractivity contribution in [1.29, 1.82) is 0 Å². The largest absolute Gasteiger partial charge is 0.484 e. The number of amides is 2. The van der Waals surface area contributed by atoms with E-state index in [9.17, 15) is 9.59 Å². The van der Waals surface area contributed by atoms with E-state index >= 15 is 0 Å². The van der Waals surface area contributed by atoms with Gasteiger partial charge in [0.25, 0.3) is 11.8 Å². The minimum absolute atomic E-state index is 0.133. The third-order valence-electron chi connectivity index (χ3n) is 3.42. The summed E-state index contributed by atoms with van der Waals surface area (Å²) in [6.45, 7) is 7.73. The van der Waals surface area contributed by atoms with Crippen LogP contribution in [0, 0.1) is 13.8 Å². The molecule has 2 N–H and O–H groups in total. The molecule has 2 aromatic carbocycles. The summed E-state index contributed by atoms with van der Waals surface area (Å²) in [4.78, 5) is 24.3. The molecule has 0 fully saturated rings. The van der Waals surface area contributed by atoms with Crippen molar-refractivity contribution in [1.82, 2.24) is 5.32 Å². The van der Waals surface area contributed by atoms with Gasteiger partial charge in [-0.3, -0.25) is 9.59 Å². The molecule has 130 valence electrons. The smallest absolute Gasteiger partial charge is 0.262 e. The normalized spacial score (nSPS) is 10.0. The molecule has 0 aromatic heterocycles. The topological polar surface area (TPSA) is 67.4 Å². The first kappa shape index (κ1) is 18.3. The molecule has 0 spiro atoms. The lowest BCUT2D eigenvalue weighted by Crippen LogP contribution is -2.26. The predicted octanol–water partition coefficient (Wildman–Crippen LogP) is 3.24. The Bertz CT molecular complexity index is 764. The third-order valence-corrected chi connectivity index (χ3v) is 3.42. The molecule has 25 heavy (non-hydrogen) atoms. The Hall–Kier alpha value is -3.08. The molecule has 0 bridgehead atoms. The van der Waals surface area contributed by atoms with Crippen molar-refractivity contribution in [3.05, 3.63) is 71.8 Å². The molecule has 5 heteroatoms. The van der Waals surface area contributed by atoms with Crippen LogP contribution in [0.1, 0.15) is 21.5 Å². The van der Waals surface area contributed by atoms with Crippen LogP contribution in [0.2, 0.25) is 0 Å². The number of anilines is 1. The lowest BCUT2D eigenvalue weighted by atomic mass is 10.1. The number of rotatable bonds is 7. The van der Waals surface area contributed by atoms with Crippen molar-refractivity contribution in [2.75, 3.05) is 18.5 Å². The quantitative estimate of drug-likeness (QED) is 0.762. The van der Waals surface area contributed by atoms with Crippen molar-refractivity contribution in [2.24, 2.45) is 0 Å². The molecule has 0 saturated heterocycles. The first-order chi connectivity index (χ1) is 12.0. The van der Waals surface area contributed by atoms with Gasteiger partial charge in [-0.25, -0.2) is 0 Å². The summed E-state index contributed by atoms with van der Waals surface area (Å²) in [6.07, 6.45) is 1.59. The molecule has 0 atom stereocenters. The predicted molar refractivity (Wildman–Crippen MR) is 99.0 cm³/mol. The second-order valence-corrected chi connectivity index (χ2v) is 5.70. The van der Waals surface area contributed by atoms with Crippen LogP contribution in [0.5, 0.6) is 5.75 Å². The molecule has 2 rings (SSSR count). The van der Waals surface area contributed by atoms with Gasteiger partial charge in [-0.05, 0) is 49.2 Å². The fourth-order valence-corrected chi connectivity index (χ4v) is 2.40. The van der Waals surface area contributed by atoms with Crippen molar-refractivity contribution in [3.8, 4) is 5.75 Å². The number of hydrogen-bond acceptors (Lipinski definition) is 3. The second kappa shape index (κ2) is 8.68. The number of carbonyl (C=O) groups is 2. The molecule has 0 radical (unpaired) electrons. The molecule has 2 aromatic rings. The highest BCUT2D eigenvalue weighted by molar-refractivity contribution is 6.04. The number of para-hydroxylation sites is 1. The molecule has 0 saturated carbocycles. The maximum Gasteiger partial charge on any atom is 0.262 e. The highest BCUT2D eigenvalue weighted by Crippen LogP contribution is 2.17. The van der Waals surface area contributed by atoms with Gasteiger partial charge in [-0.2, -0.15) is 0 Å². The summed E-state index contributed by atoms with van der Waals surface area (Å²) in [5.74, 6) is 0.0406. The minimum Gasteiger partial charge on any atom is -0.484 e. The Morgan fingerprint density at radius 2 is 1.80 bits per heavy atom. The van der Waals surface area contributed by atoms with E-state index in [0.29, 0.717) is 23.5 Å². The van der Waals surface area contributed by atoms with E-state index in [4.69, 9.17) is 4.74 Å². The molecule has 2 amide bonds. The zero-order valence-electron chi connectivity index (χ0n) is 14.5. The van der Waals surface area contributed by atoms with E-state index < -0.39 is 0 Å². The molecule has 5 nitrogen and oxygen atoms in total. The molecule has 0 unspecified atom stereocenters. The Kier molecular flexibility index (Phi) is 6.34. The Labute approximate surface area is 147 Å². The number of benzene rings is 2. The van der Waals surface area contributed by atoms with Crippen LogP contribution in [0.4, 0.5) is 5.69 Å². The third kappa shape index (κ3) is 5.49. The van der Waals surface area contributed by atoms with Crippen LogP contribution in [0.3, 0.4) is 0 Å². The number of aryl methyl sites for hydroxylation is 2. The van der Waals surface area contributed by atoms with E-state index in [-0.39, 0.29) is 18.4 Å². The maximum atomic E-state index is 12.2. The summed E-state index contributed by atoms with van der Waals surface area (Å²) in [5, 5.41) is 5.41. The van der Waals surface area contributed by atoms with Crippen molar-refractivity contribution >= 4 is 17.5 Å². The number of carbonyl (C=O) groups excluding carboxylic acids is 2.